The molecular weight excluding hydrogens is 344 g/mol. The van der Waals surface area contributed by atoms with Gasteiger partial charge in [0.25, 0.3) is 0 Å². The molecule has 1 saturated heterocycles. The fraction of sp³-hybridized carbons (Fsp3) is 1.00. The highest BCUT2D eigenvalue weighted by molar-refractivity contribution is 7.80. The molecule has 1 heterocycles. The monoisotopic (exact) mass is 372 g/mol. The molecule has 10 heteroatoms. The van der Waals surface area contributed by atoms with Crippen LogP contribution in [0.3, 0.4) is 0 Å². The zero-order valence-corrected chi connectivity index (χ0v) is 14.8. The summed E-state index contributed by atoms with van der Waals surface area (Å²) < 4.78 is 44.8. The highest BCUT2D eigenvalue weighted by Crippen LogP contribution is 2.24. The van der Waals surface area contributed by atoms with Crippen LogP contribution in [0.1, 0.15) is 39.5 Å². The van der Waals surface area contributed by atoms with E-state index in [1.807, 2.05) is 0 Å². The van der Waals surface area contributed by atoms with Crippen molar-refractivity contribution >= 4 is 10.4 Å². The summed E-state index contributed by atoms with van der Waals surface area (Å²) in [4.78, 5) is 0. The average molecular weight is 372 g/mol. The third-order valence-corrected chi connectivity index (χ3v) is 4.37. The van der Waals surface area contributed by atoms with Crippen LogP contribution in [-0.4, -0.2) is 72.2 Å². The zero-order chi connectivity index (χ0) is 18.3. The first-order chi connectivity index (χ1) is 11.2. The van der Waals surface area contributed by atoms with Gasteiger partial charge in [-0.25, -0.2) is 4.18 Å². The summed E-state index contributed by atoms with van der Waals surface area (Å²) in [6.45, 7) is 3.70. The molecule has 0 unspecified atom stereocenters. The van der Waals surface area contributed by atoms with Crippen LogP contribution in [0.2, 0.25) is 0 Å². The van der Waals surface area contributed by atoms with Gasteiger partial charge in [-0.05, 0) is 18.8 Å². The number of hydrogen-bond donors (Lipinski definition) is 4. The van der Waals surface area contributed by atoms with Crippen LogP contribution in [-0.2, 0) is 24.1 Å². The fourth-order valence-corrected chi connectivity index (χ4v) is 3.01. The van der Waals surface area contributed by atoms with E-state index in [1.165, 1.54) is 0 Å². The Kier molecular flexibility index (Phi) is 9.02. The summed E-state index contributed by atoms with van der Waals surface area (Å²) in [6.07, 6.45) is -3.30. The molecule has 24 heavy (non-hydrogen) atoms. The normalized spacial score (nSPS) is 31.5. The third kappa shape index (κ3) is 6.89. The average Bonchev–Trinajstić information content (AvgIpc) is 2.50. The summed E-state index contributed by atoms with van der Waals surface area (Å²) in [5.41, 5.74) is 0. The molecule has 0 amide bonds. The molecule has 9 nitrogen and oxygen atoms in total. The van der Waals surface area contributed by atoms with Crippen LogP contribution in [0, 0.1) is 5.92 Å². The zero-order valence-electron chi connectivity index (χ0n) is 13.9. The summed E-state index contributed by atoms with van der Waals surface area (Å²) >= 11 is 0. The Morgan fingerprint density at radius 1 is 1.04 bits per heavy atom. The predicted octanol–water partition coefficient (Wildman–Crippen LogP) is -0.154. The van der Waals surface area contributed by atoms with Gasteiger partial charge in [0.1, 0.15) is 24.4 Å². The van der Waals surface area contributed by atoms with Gasteiger partial charge in [0.15, 0.2) is 6.29 Å². The van der Waals surface area contributed by atoms with Crippen molar-refractivity contribution in [3.8, 4) is 0 Å². The maximum Gasteiger partial charge on any atom is 0.397 e. The largest absolute Gasteiger partial charge is 0.397 e. The van der Waals surface area contributed by atoms with Gasteiger partial charge >= 0.3 is 10.4 Å². The summed E-state index contributed by atoms with van der Waals surface area (Å²) in [5, 5.41) is 29.6. The first kappa shape index (κ1) is 21.7. The second kappa shape index (κ2) is 9.97. The molecule has 0 bridgehead atoms. The number of rotatable bonds is 10. The fourth-order valence-electron chi connectivity index (χ4n) is 2.70. The predicted molar refractivity (Wildman–Crippen MR) is 83.4 cm³/mol. The van der Waals surface area contributed by atoms with Crippen molar-refractivity contribution in [2.75, 3.05) is 13.2 Å². The van der Waals surface area contributed by atoms with Gasteiger partial charge in [-0.2, -0.15) is 8.42 Å². The minimum Gasteiger partial charge on any atom is -0.387 e. The Morgan fingerprint density at radius 2 is 1.62 bits per heavy atom. The highest BCUT2D eigenvalue weighted by Gasteiger charge is 2.44. The Morgan fingerprint density at radius 3 is 2.12 bits per heavy atom. The van der Waals surface area contributed by atoms with Gasteiger partial charge in [-0.3, -0.25) is 4.55 Å². The van der Waals surface area contributed by atoms with Crippen molar-refractivity contribution in [3.05, 3.63) is 0 Å². The van der Waals surface area contributed by atoms with Crippen LogP contribution in [0.25, 0.3) is 0 Å². The van der Waals surface area contributed by atoms with Gasteiger partial charge in [0.2, 0.25) is 0 Å². The molecule has 0 spiro atoms. The summed E-state index contributed by atoms with van der Waals surface area (Å²) in [7, 11) is -4.71. The van der Waals surface area contributed by atoms with Gasteiger partial charge in [0, 0.05) is 0 Å². The molecule has 1 fully saturated rings. The number of hydrogen-bond acceptors (Lipinski definition) is 8. The lowest BCUT2D eigenvalue weighted by Gasteiger charge is -2.40. The Hall–Kier alpha value is -0.330. The van der Waals surface area contributed by atoms with E-state index in [-0.39, 0.29) is 5.92 Å². The molecule has 0 saturated carbocycles. The summed E-state index contributed by atoms with van der Waals surface area (Å²) in [5.74, 6) is 0.271. The number of aliphatic hydroxyl groups excluding tert-OH is 3. The molecule has 144 valence electrons. The smallest absolute Gasteiger partial charge is 0.387 e. The van der Waals surface area contributed by atoms with E-state index in [2.05, 4.69) is 18.0 Å². The molecule has 5 atom stereocenters. The lowest BCUT2D eigenvalue weighted by atomic mass is 9.98. The summed E-state index contributed by atoms with van der Waals surface area (Å²) in [6, 6.07) is 0. The highest BCUT2D eigenvalue weighted by atomic mass is 32.3. The van der Waals surface area contributed by atoms with Crippen LogP contribution < -0.4 is 0 Å². The van der Waals surface area contributed by atoms with E-state index in [1.54, 1.807) is 0 Å². The van der Waals surface area contributed by atoms with E-state index in [9.17, 15) is 23.7 Å². The third-order valence-electron chi connectivity index (χ3n) is 3.94. The number of ether oxygens (including phenoxy) is 2. The van der Waals surface area contributed by atoms with Crippen LogP contribution in [0.5, 0.6) is 0 Å². The maximum absolute atomic E-state index is 10.6. The molecule has 0 aromatic carbocycles. The van der Waals surface area contributed by atoms with Crippen LogP contribution >= 0.6 is 0 Å². The molecule has 0 aromatic rings. The Balaban J connectivity index is 2.64. The van der Waals surface area contributed by atoms with Gasteiger partial charge in [-0.15, -0.1) is 0 Å². The molecule has 1 aliphatic rings. The van der Waals surface area contributed by atoms with E-state index >= 15 is 0 Å². The van der Waals surface area contributed by atoms with E-state index < -0.39 is 47.7 Å². The second-order valence-electron chi connectivity index (χ2n) is 6.00. The topological polar surface area (TPSA) is 143 Å². The van der Waals surface area contributed by atoms with Crippen LogP contribution in [0.15, 0.2) is 0 Å². The Bertz CT molecular complexity index is 449. The number of aliphatic hydroxyl groups is 3. The minimum atomic E-state index is -4.71. The van der Waals surface area contributed by atoms with Crippen molar-refractivity contribution in [1.82, 2.24) is 0 Å². The quantitative estimate of drug-likeness (QED) is 0.385. The van der Waals surface area contributed by atoms with E-state index in [0.29, 0.717) is 6.61 Å². The molecule has 0 radical (unpaired) electrons. The van der Waals surface area contributed by atoms with E-state index in [4.69, 9.17) is 14.0 Å². The first-order valence-corrected chi connectivity index (χ1v) is 9.49. The second-order valence-corrected chi connectivity index (χ2v) is 7.09. The minimum absolute atomic E-state index is 0.271. The van der Waals surface area contributed by atoms with Crippen LogP contribution in [0.4, 0.5) is 0 Å². The molecule has 0 aromatic heterocycles. The van der Waals surface area contributed by atoms with Gasteiger partial charge in [0.05, 0.1) is 13.2 Å². The van der Waals surface area contributed by atoms with Gasteiger partial charge in [-0.1, -0.05) is 26.7 Å². The maximum atomic E-state index is 10.6. The molecule has 1 rings (SSSR count). The van der Waals surface area contributed by atoms with Crippen molar-refractivity contribution in [1.29, 1.82) is 0 Å². The van der Waals surface area contributed by atoms with Crippen molar-refractivity contribution < 1.29 is 41.9 Å². The van der Waals surface area contributed by atoms with Gasteiger partial charge < -0.3 is 24.8 Å². The molecule has 1 aliphatic heterocycles. The van der Waals surface area contributed by atoms with E-state index in [0.717, 1.165) is 25.7 Å². The van der Waals surface area contributed by atoms with Crippen molar-refractivity contribution in [2.45, 2.75) is 70.2 Å². The lowest BCUT2D eigenvalue weighted by Crippen LogP contribution is -2.59. The Labute approximate surface area is 142 Å². The standard InChI is InChI=1S/C14H28O9S/c1-3-5-9(6-4-2)7-21-14-13(17)12(16)11(15)10(23-14)8-22-24(18,19)20/h9-17H,3-8H2,1-2H3,(H,18,19,20)/t10-,11+,12+,13-,14-/m1/s1. The molecule has 0 aliphatic carbocycles. The molecular formula is C14H28O9S. The molecule has 4 N–H and O–H groups in total. The van der Waals surface area contributed by atoms with Crippen molar-refractivity contribution in [3.63, 3.8) is 0 Å². The van der Waals surface area contributed by atoms with Crippen molar-refractivity contribution in [2.24, 2.45) is 5.92 Å². The SMILES string of the molecule is CCCC(CCC)CO[C@@H]1O[C@H](COS(=O)(=O)O)[C@H](O)[C@H](O)[C@H]1O. The lowest BCUT2D eigenvalue weighted by molar-refractivity contribution is -0.302. The first-order valence-electron chi connectivity index (χ1n) is 8.12.